The van der Waals surface area contributed by atoms with Gasteiger partial charge in [-0.1, -0.05) is 0 Å². The number of amides is 1. The van der Waals surface area contributed by atoms with E-state index in [0.29, 0.717) is 43.9 Å². The van der Waals surface area contributed by atoms with E-state index < -0.39 is 22.9 Å². The minimum atomic E-state index is -3.40. The van der Waals surface area contributed by atoms with Gasteiger partial charge in [-0.25, -0.2) is 17.2 Å². The Bertz CT molecular complexity index is 1140. The molecule has 2 aromatic rings. The summed E-state index contributed by atoms with van der Waals surface area (Å²) in [7, 11) is 0.757. The predicted octanol–water partition coefficient (Wildman–Crippen LogP) is 2.80. The Morgan fingerprint density at radius 2 is 1.94 bits per heavy atom. The van der Waals surface area contributed by atoms with Crippen molar-refractivity contribution in [2.75, 3.05) is 26.0 Å². The number of ether oxygens (including phenoxy) is 1. The van der Waals surface area contributed by atoms with Crippen molar-refractivity contribution in [3.63, 3.8) is 0 Å². The molecule has 0 heterocycles. The molecule has 1 radical (unpaired) electrons. The van der Waals surface area contributed by atoms with Crippen molar-refractivity contribution in [2.45, 2.75) is 48.8 Å². The molecule has 1 aliphatic rings. The summed E-state index contributed by atoms with van der Waals surface area (Å²) in [4.78, 5) is 14.8. The highest BCUT2D eigenvalue weighted by Crippen LogP contribution is 2.36. The molecule has 2 N–H and O–H groups in total. The van der Waals surface area contributed by atoms with Crippen LogP contribution in [0.15, 0.2) is 41.3 Å². The number of benzene rings is 2. The lowest BCUT2D eigenvalue weighted by atomic mass is 10.1. The largest absolute Gasteiger partial charge is 0.569 e. The summed E-state index contributed by atoms with van der Waals surface area (Å²) in [5, 5.41) is 11.3. The summed E-state index contributed by atoms with van der Waals surface area (Å²) < 4.78 is 60.8. The van der Waals surface area contributed by atoms with Gasteiger partial charge in [-0.05, 0) is 80.9 Å². The summed E-state index contributed by atoms with van der Waals surface area (Å²) in [5.41, 5.74) is 1.52. The molecule has 3 rings (SSSR count). The van der Waals surface area contributed by atoms with Crippen LogP contribution in [0.5, 0.6) is 11.5 Å². The van der Waals surface area contributed by atoms with Gasteiger partial charge in [0, 0.05) is 18.7 Å². The van der Waals surface area contributed by atoms with E-state index in [4.69, 9.17) is 14.4 Å². The van der Waals surface area contributed by atoms with Crippen LogP contribution in [0.25, 0.3) is 0 Å². The summed E-state index contributed by atoms with van der Waals surface area (Å²) in [5.74, 6) is 0.0952. The minimum absolute atomic E-state index is 0.00245. The van der Waals surface area contributed by atoms with Gasteiger partial charge >= 0.3 is 7.69 Å². The fraction of sp³-hybridized carbons (Fsp3) is 0.435. The predicted molar refractivity (Wildman–Crippen MR) is 128 cm³/mol. The van der Waals surface area contributed by atoms with E-state index in [2.05, 4.69) is 5.32 Å². The summed E-state index contributed by atoms with van der Waals surface area (Å²) in [6, 6.07) is 9.13. The zero-order valence-electron chi connectivity index (χ0n) is 19.5. The third-order valence-electron chi connectivity index (χ3n) is 5.31. The Balaban J connectivity index is 1.72. The van der Waals surface area contributed by atoms with Gasteiger partial charge in [0.15, 0.2) is 9.84 Å². The fourth-order valence-electron chi connectivity index (χ4n) is 3.61. The summed E-state index contributed by atoms with van der Waals surface area (Å²) >= 11 is 0. The van der Waals surface area contributed by atoms with Gasteiger partial charge in [-0.3, -0.25) is 4.79 Å². The van der Waals surface area contributed by atoms with Gasteiger partial charge in [0.05, 0.1) is 10.1 Å². The topological polar surface area (TPSA) is 105 Å². The van der Waals surface area contributed by atoms with Gasteiger partial charge in [-0.15, -0.1) is 0 Å². The van der Waals surface area contributed by atoms with Crippen LogP contribution < -0.4 is 14.7 Å². The lowest BCUT2D eigenvalue weighted by molar-refractivity contribution is -0.116. The van der Waals surface area contributed by atoms with E-state index in [1.165, 1.54) is 24.3 Å². The molecule has 0 aromatic heterocycles. The second-order valence-electron chi connectivity index (χ2n) is 8.55. The molecular formula is C23H28BF2N2O6S. The molecule has 0 spiro atoms. The number of rotatable bonds is 13. The Morgan fingerprint density at radius 3 is 2.57 bits per heavy atom. The van der Waals surface area contributed by atoms with Crippen LogP contribution in [0.1, 0.15) is 30.4 Å². The van der Waals surface area contributed by atoms with Crippen molar-refractivity contribution in [3.05, 3.63) is 47.5 Å². The first-order valence-corrected chi connectivity index (χ1v) is 12.6. The zero-order valence-corrected chi connectivity index (χ0v) is 20.4. The molecule has 0 bridgehead atoms. The first-order chi connectivity index (χ1) is 16.6. The summed E-state index contributed by atoms with van der Waals surface area (Å²) in [6.45, 7) is -0.402. The standard InChI is InChI=1S/C23H28BF2N2O6S/c1-28(2)13-16-11-17(4-9-21(16)35(31,32)19-6-7-19)27-23(29)10-3-15-12-18(34-24-30)5-8-20(15)33-14-22(25)26/h4-5,8-9,11-12,19,22,30H,3,6-7,10,13-14H2,1-2H3,(H,27,29). The van der Waals surface area contributed by atoms with E-state index in [0.717, 1.165) is 0 Å². The molecule has 12 heteroatoms. The SMILES string of the molecule is CN(C)Cc1cc(NC(=O)CCc2cc(O[B]O)ccc2OCC(F)F)ccc1S(=O)(=O)C1CC1. The zero-order chi connectivity index (χ0) is 25.6. The first-order valence-electron chi connectivity index (χ1n) is 11.1. The Labute approximate surface area is 204 Å². The molecule has 0 aliphatic heterocycles. The fourth-order valence-corrected chi connectivity index (χ4v) is 5.47. The number of hydrogen-bond acceptors (Lipinski definition) is 7. The van der Waals surface area contributed by atoms with Crippen LogP contribution in [0.3, 0.4) is 0 Å². The quantitative estimate of drug-likeness (QED) is 0.400. The van der Waals surface area contributed by atoms with E-state index >= 15 is 0 Å². The Morgan fingerprint density at radius 1 is 1.20 bits per heavy atom. The third kappa shape index (κ3) is 7.64. The molecule has 1 amide bonds. The monoisotopic (exact) mass is 509 g/mol. The van der Waals surface area contributed by atoms with E-state index in [9.17, 15) is 22.0 Å². The highest BCUT2D eigenvalue weighted by atomic mass is 32.2. The van der Waals surface area contributed by atoms with E-state index in [-0.39, 0.29) is 40.4 Å². The molecule has 1 saturated carbocycles. The van der Waals surface area contributed by atoms with E-state index in [1.54, 1.807) is 12.1 Å². The van der Waals surface area contributed by atoms with Crippen molar-refractivity contribution >= 4 is 29.1 Å². The van der Waals surface area contributed by atoms with Crippen LogP contribution in [0.2, 0.25) is 0 Å². The molecular weight excluding hydrogens is 481 g/mol. The second kappa shape index (κ2) is 11.8. The maximum atomic E-state index is 12.8. The normalized spacial score (nSPS) is 13.7. The molecule has 1 fully saturated rings. The van der Waals surface area contributed by atoms with Crippen molar-refractivity contribution in [3.8, 4) is 11.5 Å². The molecule has 0 atom stereocenters. The van der Waals surface area contributed by atoms with Crippen molar-refractivity contribution < 1.29 is 36.4 Å². The first kappa shape index (κ1) is 26.9. The van der Waals surface area contributed by atoms with Gasteiger partial charge in [0.2, 0.25) is 5.91 Å². The van der Waals surface area contributed by atoms with Gasteiger partial charge < -0.3 is 24.6 Å². The molecule has 35 heavy (non-hydrogen) atoms. The highest BCUT2D eigenvalue weighted by Gasteiger charge is 2.38. The Hall–Kier alpha value is -2.70. The third-order valence-corrected chi connectivity index (χ3v) is 7.67. The number of aryl methyl sites for hydroxylation is 1. The van der Waals surface area contributed by atoms with Gasteiger partial charge in [-0.2, -0.15) is 0 Å². The van der Waals surface area contributed by atoms with Crippen LogP contribution in [0, 0.1) is 0 Å². The van der Waals surface area contributed by atoms with Crippen molar-refractivity contribution in [1.29, 1.82) is 0 Å². The lowest BCUT2D eigenvalue weighted by Gasteiger charge is -2.16. The molecule has 189 valence electrons. The average Bonchev–Trinajstić information content (AvgIpc) is 3.63. The highest BCUT2D eigenvalue weighted by molar-refractivity contribution is 7.92. The lowest BCUT2D eigenvalue weighted by Crippen LogP contribution is -2.18. The number of anilines is 1. The molecule has 0 saturated heterocycles. The van der Waals surface area contributed by atoms with Crippen LogP contribution in [-0.4, -0.2) is 64.3 Å². The molecule has 0 unspecified atom stereocenters. The molecule has 8 nitrogen and oxygen atoms in total. The number of alkyl halides is 2. The maximum Gasteiger partial charge on any atom is 0.569 e. The smallest absolute Gasteiger partial charge is 0.537 e. The van der Waals surface area contributed by atoms with E-state index in [1.807, 2.05) is 19.0 Å². The van der Waals surface area contributed by atoms with Crippen molar-refractivity contribution in [1.82, 2.24) is 4.90 Å². The number of halogens is 2. The number of hydrogen-bond donors (Lipinski definition) is 2. The molecule has 2 aromatic carbocycles. The number of sulfone groups is 1. The summed E-state index contributed by atoms with van der Waals surface area (Å²) in [6.07, 6.45) is -1.17. The number of carbonyl (C=O) groups excluding carboxylic acids is 1. The second-order valence-corrected chi connectivity index (χ2v) is 10.7. The minimum Gasteiger partial charge on any atom is -0.537 e. The number of nitrogens with one attached hydrogen (secondary N) is 1. The Kier molecular flexibility index (Phi) is 9.09. The maximum absolute atomic E-state index is 12.8. The average molecular weight is 509 g/mol. The van der Waals surface area contributed by atoms with Crippen molar-refractivity contribution in [2.24, 2.45) is 0 Å². The van der Waals surface area contributed by atoms with Gasteiger partial charge in [0.1, 0.15) is 18.1 Å². The van der Waals surface area contributed by atoms with Crippen LogP contribution >= 0.6 is 0 Å². The number of nitrogens with zero attached hydrogens (tertiary/aromatic N) is 1. The van der Waals surface area contributed by atoms with Crippen LogP contribution in [-0.2, 0) is 27.6 Å². The number of carbonyl (C=O) groups is 1. The molecule has 1 aliphatic carbocycles. The van der Waals surface area contributed by atoms with Gasteiger partial charge in [0.25, 0.3) is 6.43 Å². The van der Waals surface area contributed by atoms with Crippen LogP contribution in [0.4, 0.5) is 14.5 Å².